The predicted molar refractivity (Wildman–Crippen MR) is 131 cm³/mol. The van der Waals surface area contributed by atoms with Gasteiger partial charge in [-0.15, -0.1) is 0 Å². The summed E-state index contributed by atoms with van der Waals surface area (Å²) in [6, 6.07) is 21.7. The van der Waals surface area contributed by atoms with Crippen LogP contribution in [0, 0.1) is 11.7 Å². The molecule has 0 atom stereocenters. The van der Waals surface area contributed by atoms with Crippen LogP contribution in [-0.4, -0.2) is 29.1 Å². The number of aryl methyl sites for hydroxylation is 1. The van der Waals surface area contributed by atoms with E-state index in [1.807, 2.05) is 42.5 Å². The summed E-state index contributed by atoms with van der Waals surface area (Å²) < 4.78 is 19.4. The van der Waals surface area contributed by atoms with Crippen LogP contribution in [0.2, 0.25) is 0 Å². The molecule has 0 aliphatic heterocycles. The minimum absolute atomic E-state index is 0.436. The Bertz CT molecular complexity index is 1280. The smallest absolute Gasteiger partial charge is 0.214 e. The van der Waals surface area contributed by atoms with E-state index in [9.17, 15) is 0 Å². The molecule has 0 bridgehead atoms. The van der Waals surface area contributed by atoms with Crippen LogP contribution in [0.1, 0.15) is 16.7 Å². The van der Waals surface area contributed by atoms with E-state index in [0.717, 1.165) is 16.7 Å². The molecule has 33 heavy (non-hydrogen) atoms. The predicted octanol–water partition coefficient (Wildman–Crippen LogP) is 5.26. The fourth-order valence-corrected chi connectivity index (χ4v) is 3.68. The number of ether oxygens (including phenoxy) is 3. The number of nitrogens with zero attached hydrogens (tertiary/aromatic N) is 2. The molecule has 0 fully saturated rings. The van der Waals surface area contributed by atoms with Crippen molar-refractivity contribution in [3.8, 4) is 28.6 Å². The zero-order valence-corrected chi connectivity index (χ0v) is 19.6. The molecule has 0 saturated carbocycles. The summed E-state index contributed by atoms with van der Waals surface area (Å²) >= 11 is 5.46. The average Bonchev–Trinajstić information content (AvgIpc) is 3.22. The number of rotatable bonds is 9. The molecule has 3 aromatic carbocycles. The Morgan fingerprint density at radius 2 is 1.67 bits per heavy atom. The summed E-state index contributed by atoms with van der Waals surface area (Å²) in [4.78, 5) is 0. The molecule has 0 radical (unpaired) electrons. The molecule has 4 rings (SSSR count). The van der Waals surface area contributed by atoms with Crippen molar-refractivity contribution < 1.29 is 14.2 Å². The Kier molecular flexibility index (Phi) is 6.95. The molecule has 0 aliphatic carbocycles. The minimum atomic E-state index is 0.436. The van der Waals surface area contributed by atoms with Gasteiger partial charge in [-0.3, -0.25) is 0 Å². The Hall–Kier alpha value is -3.78. The number of benzene rings is 3. The topological polar surface area (TPSA) is 73.3 Å². The molecule has 7 nitrogen and oxygen atoms in total. The summed E-state index contributed by atoms with van der Waals surface area (Å²) in [5, 5.41) is 7.25. The third-order valence-corrected chi connectivity index (χ3v) is 5.51. The first-order chi connectivity index (χ1) is 16.1. The van der Waals surface area contributed by atoms with Gasteiger partial charge in [0.05, 0.1) is 26.3 Å². The number of nitrogens with one attached hydrogen (secondary N) is 2. The van der Waals surface area contributed by atoms with E-state index in [0.29, 0.717) is 41.0 Å². The van der Waals surface area contributed by atoms with Crippen molar-refractivity contribution in [3.05, 3.63) is 88.2 Å². The van der Waals surface area contributed by atoms with E-state index >= 15 is 0 Å². The maximum atomic E-state index is 6.19. The monoisotopic (exact) mass is 462 g/mol. The molecule has 2 N–H and O–H groups in total. The zero-order valence-electron chi connectivity index (χ0n) is 18.8. The number of para-hydroxylation sites is 2. The lowest BCUT2D eigenvalue weighted by atomic mass is 10.1. The highest BCUT2D eigenvalue weighted by molar-refractivity contribution is 7.71. The summed E-state index contributed by atoms with van der Waals surface area (Å²) in [7, 11) is 3.27. The minimum Gasteiger partial charge on any atom is -0.496 e. The Morgan fingerprint density at radius 1 is 0.939 bits per heavy atom. The standard InChI is InChI=1S/C25H26N4O3S/c1-17-11-13-18(14-12-17)16-32-23-19(7-6-10-22(23)31-3)15-26-29-24(27-28-25(29)33)20-8-4-5-9-21(20)30-2/h4-14,26H,15-16H2,1-3H3,(H,28,33). The van der Waals surface area contributed by atoms with Gasteiger partial charge < -0.3 is 19.6 Å². The van der Waals surface area contributed by atoms with Crippen molar-refractivity contribution >= 4 is 12.2 Å². The number of hydrogen-bond donors (Lipinski definition) is 2. The van der Waals surface area contributed by atoms with E-state index in [2.05, 4.69) is 46.8 Å². The largest absolute Gasteiger partial charge is 0.496 e. The van der Waals surface area contributed by atoms with Gasteiger partial charge in [-0.05, 0) is 42.9 Å². The van der Waals surface area contributed by atoms with Gasteiger partial charge in [-0.2, -0.15) is 5.10 Å². The fourth-order valence-electron chi connectivity index (χ4n) is 3.48. The third kappa shape index (κ3) is 5.01. The number of aromatic nitrogens is 3. The van der Waals surface area contributed by atoms with E-state index in [1.165, 1.54) is 5.56 Å². The van der Waals surface area contributed by atoms with Crippen molar-refractivity contribution in [3.63, 3.8) is 0 Å². The molecule has 170 valence electrons. The first kappa shape index (κ1) is 22.4. The number of aromatic amines is 1. The highest BCUT2D eigenvalue weighted by atomic mass is 32.1. The maximum Gasteiger partial charge on any atom is 0.214 e. The Labute approximate surface area is 197 Å². The van der Waals surface area contributed by atoms with Crippen molar-refractivity contribution in [2.45, 2.75) is 20.1 Å². The highest BCUT2D eigenvalue weighted by Crippen LogP contribution is 2.32. The Balaban J connectivity index is 1.59. The van der Waals surface area contributed by atoms with Gasteiger partial charge in [-0.1, -0.05) is 54.1 Å². The highest BCUT2D eigenvalue weighted by Gasteiger charge is 2.15. The lowest BCUT2D eigenvalue weighted by molar-refractivity contribution is 0.281. The average molecular weight is 463 g/mol. The summed E-state index contributed by atoms with van der Waals surface area (Å²) in [5.41, 5.74) is 7.40. The SMILES string of the molecule is COc1ccccc1-c1n[nH]c(=S)n1NCc1cccc(OC)c1OCc1ccc(C)cc1. The molecule has 0 spiro atoms. The van der Waals surface area contributed by atoms with Crippen LogP contribution in [-0.2, 0) is 13.2 Å². The van der Waals surface area contributed by atoms with Gasteiger partial charge in [0.25, 0.3) is 0 Å². The van der Waals surface area contributed by atoms with Crippen LogP contribution in [0.4, 0.5) is 0 Å². The summed E-state index contributed by atoms with van der Waals surface area (Å²) in [5.74, 6) is 2.68. The fraction of sp³-hybridized carbons (Fsp3) is 0.200. The maximum absolute atomic E-state index is 6.19. The van der Waals surface area contributed by atoms with Gasteiger partial charge >= 0.3 is 0 Å². The first-order valence-corrected chi connectivity index (χ1v) is 10.9. The second-order valence-corrected chi connectivity index (χ2v) is 7.83. The van der Waals surface area contributed by atoms with Gasteiger partial charge in [0.2, 0.25) is 4.77 Å². The van der Waals surface area contributed by atoms with Gasteiger partial charge in [-0.25, -0.2) is 9.77 Å². The summed E-state index contributed by atoms with van der Waals surface area (Å²) in [6.45, 7) is 2.94. The second kappa shape index (κ2) is 10.2. The van der Waals surface area contributed by atoms with Crippen LogP contribution in [0.3, 0.4) is 0 Å². The molecule has 0 saturated heterocycles. The molecule has 1 heterocycles. The van der Waals surface area contributed by atoms with Gasteiger partial charge in [0.15, 0.2) is 17.3 Å². The van der Waals surface area contributed by atoms with Crippen molar-refractivity contribution in [1.82, 2.24) is 14.9 Å². The van der Waals surface area contributed by atoms with Crippen LogP contribution < -0.4 is 19.6 Å². The lowest BCUT2D eigenvalue weighted by Crippen LogP contribution is -2.17. The second-order valence-electron chi connectivity index (χ2n) is 7.45. The van der Waals surface area contributed by atoms with Gasteiger partial charge in [0.1, 0.15) is 12.4 Å². The molecule has 1 aromatic heterocycles. The van der Waals surface area contributed by atoms with E-state index in [4.69, 9.17) is 26.4 Å². The van der Waals surface area contributed by atoms with Crippen LogP contribution in [0.25, 0.3) is 11.4 Å². The molecular formula is C25H26N4O3S. The summed E-state index contributed by atoms with van der Waals surface area (Å²) in [6.07, 6.45) is 0. The first-order valence-electron chi connectivity index (χ1n) is 10.5. The van der Waals surface area contributed by atoms with E-state index in [1.54, 1.807) is 18.9 Å². The molecule has 8 heteroatoms. The van der Waals surface area contributed by atoms with Crippen molar-refractivity contribution in [1.29, 1.82) is 0 Å². The molecule has 0 unspecified atom stereocenters. The molecule has 0 amide bonds. The van der Waals surface area contributed by atoms with Crippen LogP contribution in [0.5, 0.6) is 17.2 Å². The van der Waals surface area contributed by atoms with Crippen LogP contribution >= 0.6 is 12.2 Å². The zero-order chi connectivity index (χ0) is 23.2. The Morgan fingerprint density at radius 3 is 2.42 bits per heavy atom. The van der Waals surface area contributed by atoms with Crippen molar-refractivity contribution in [2.75, 3.05) is 19.6 Å². The molecule has 0 aliphatic rings. The van der Waals surface area contributed by atoms with E-state index in [-0.39, 0.29) is 0 Å². The number of hydrogen-bond acceptors (Lipinski definition) is 6. The number of methoxy groups -OCH3 is 2. The third-order valence-electron chi connectivity index (χ3n) is 5.23. The normalized spacial score (nSPS) is 10.6. The quantitative estimate of drug-likeness (QED) is 0.331. The molecule has 4 aromatic rings. The van der Waals surface area contributed by atoms with Gasteiger partial charge in [0, 0.05) is 5.56 Å². The lowest BCUT2D eigenvalue weighted by Gasteiger charge is -2.17. The number of H-pyrrole nitrogens is 1. The molecular weight excluding hydrogens is 436 g/mol. The van der Waals surface area contributed by atoms with Crippen molar-refractivity contribution in [2.24, 2.45) is 0 Å². The van der Waals surface area contributed by atoms with E-state index < -0.39 is 0 Å². The van der Waals surface area contributed by atoms with Crippen LogP contribution in [0.15, 0.2) is 66.7 Å².